The number of halogens is 1. The number of rotatable bonds is 8. The van der Waals surface area contributed by atoms with Crippen LogP contribution in [0.3, 0.4) is 0 Å². The molecule has 0 atom stereocenters. The number of amides is 2. The summed E-state index contributed by atoms with van der Waals surface area (Å²) in [6, 6.07) is 15.3. The highest BCUT2D eigenvalue weighted by Crippen LogP contribution is 2.26. The number of benzene rings is 2. The van der Waals surface area contributed by atoms with Crippen molar-refractivity contribution < 1.29 is 9.59 Å². The molecule has 0 bridgehead atoms. The predicted octanol–water partition coefficient (Wildman–Crippen LogP) is 5.72. The fourth-order valence-corrected chi connectivity index (χ4v) is 3.60. The Bertz CT molecular complexity index is 1100. The lowest BCUT2D eigenvalue weighted by atomic mass is 10.1. The second-order valence-corrected chi connectivity index (χ2v) is 9.36. The summed E-state index contributed by atoms with van der Waals surface area (Å²) in [5.74, 6) is 0.305. The van der Waals surface area contributed by atoms with Crippen molar-refractivity contribution in [2.45, 2.75) is 47.1 Å². The summed E-state index contributed by atoms with van der Waals surface area (Å²) in [5, 5.41) is 3.56. The molecule has 0 spiro atoms. The molecule has 174 valence electrons. The van der Waals surface area contributed by atoms with E-state index < -0.39 is 0 Å². The number of anilines is 1. The van der Waals surface area contributed by atoms with Crippen LogP contribution in [-0.4, -0.2) is 38.9 Å². The third-order valence-electron chi connectivity index (χ3n) is 5.25. The van der Waals surface area contributed by atoms with E-state index in [0.29, 0.717) is 23.1 Å². The van der Waals surface area contributed by atoms with Gasteiger partial charge in [0.1, 0.15) is 6.54 Å². The van der Waals surface area contributed by atoms with Gasteiger partial charge in [-0.1, -0.05) is 55.3 Å². The largest absolute Gasteiger partial charge is 0.331 e. The summed E-state index contributed by atoms with van der Waals surface area (Å²) in [6.07, 6.45) is 2.29. The summed E-state index contributed by atoms with van der Waals surface area (Å²) in [7, 11) is 0. The minimum Gasteiger partial charge on any atom is -0.331 e. The van der Waals surface area contributed by atoms with E-state index in [0.717, 1.165) is 16.8 Å². The number of nitrogens with zero attached hydrogens (tertiary/aromatic N) is 3. The van der Waals surface area contributed by atoms with Gasteiger partial charge in [0.2, 0.25) is 17.8 Å². The van der Waals surface area contributed by atoms with Crippen LogP contribution in [0.4, 0.5) is 5.95 Å². The van der Waals surface area contributed by atoms with E-state index in [1.54, 1.807) is 17.0 Å². The van der Waals surface area contributed by atoms with Crippen molar-refractivity contribution in [2.75, 3.05) is 11.9 Å². The summed E-state index contributed by atoms with van der Waals surface area (Å²) in [5.41, 5.74) is 3.61. The van der Waals surface area contributed by atoms with Crippen LogP contribution >= 0.6 is 11.6 Å². The van der Waals surface area contributed by atoms with Gasteiger partial charge >= 0.3 is 0 Å². The molecule has 0 aliphatic heterocycles. The van der Waals surface area contributed by atoms with Crippen LogP contribution in [0.25, 0.3) is 16.9 Å². The van der Waals surface area contributed by atoms with Crippen LogP contribution in [0.1, 0.15) is 39.7 Å². The molecule has 1 N–H and O–H groups in total. The molecule has 0 aliphatic rings. The van der Waals surface area contributed by atoms with E-state index in [1.165, 1.54) is 0 Å². The van der Waals surface area contributed by atoms with Crippen molar-refractivity contribution in [3.05, 3.63) is 65.3 Å². The first-order valence-electron chi connectivity index (χ1n) is 11.2. The van der Waals surface area contributed by atoms with Gasteiger partial charge in [-0.25, -0.2) is 4.98 Å². The Hall–Kier alpha value is -3.12. The van der Waals surface area contributed by atoms with Gasteiger partial charge in [0.05, 0.1) is 5.69 Å². The molecule has 1 aromatic heterocycles. The van der Waals surface area contributed by atoms with Crippen molar-refractivity contribution in [3.63, 3.8) is 0 Å². The zero-order valence-corrected chi connectivity index (χ0v) is 20.6. The number of imidazole rings is 1. The number of hydrogen-bond donors (Lipinski definition) is 1. The molecule has 3 aromatic rings. The SMILES string of the molecule is Cc1ccc(-n2cc(-c3ccc(Cl)cc3)nc2NC(=O)CN(C(=O)CC(C)C)C(C)C)cc1. The fraction of sp³-hybridized carbons (Fsp3) is 0.346. The van der Waals surface area contributed by atoms with Gasteiger partial charge in [-0.05, 0) is 51.0 Å². The summed E-state index contributed by atoms with van der Waals surface area (Å²) in [6.45, 7) is 9.81. The number of carbonyl (C=O) groups excluding carboxylic acids is 2. The van der Waals surface area contributed by atoms with Crippen molar-refractivity contribution in [1.82, 2.24) is 14.5 Å². The predicted molar refractivity (Wildman–Crippen MR) is 134 cm³/mol. The van der Waals surface area contributed by atoms with Gasteiger partial charge in [-0.15, -0.1) is 0 Å². The van der Waals surface area contributed by atoms with Gasteiger partial charge in [0.15, 0.2) is 0 Å². The highest BCUT2D eigenvalue weighted by atomic mass is 35.5. The Morgan fingerprint density at radius 3 is 2.24 bits per heavy atom. The molecular formula is C26H31ClN4O2. The minimum atomic E-state index is -0.289. The van der Waals surface area contributed by atoms with E-state index in [-0.39, 0.29) is 30.3 Å². The maximum atomic E-state index is 13.0. The van der Waals surface area contributed by atoms with E-state index >= 15 is 0 Å². The Morgan fingerprint density at radius 1 is 1.03 bits per heavy atom. The Balaban J connectivity index is 1.90. The minimum absolute atomic E-state index is 0.0275. The molecular weight excluding hydrogens is 436 g/mol. The van der Waals surface area contributed by atoms with Crippen LogP contribution < -0.4 is 5.32 Å². The van der Waals surface area contributed by atoms with Gasteiger partial charge in [-0.3, -0.25) is 19.5 Å². The lowest BCUT2D eigenvalue weighted by molar-refractivity contribution is -0.137. The van der Waals surface area contributed by atoms with E-state index in [2.05, 4.69) is 10.3 Å². The molecule has 0 fully saturated rings. The number of nitrogens with one attached hydrogen (secondary N) is 1. The Labute approximate surface area is 200 Å². The number of aromatic nitrogens is 2. The van der Waals surface area contributed by atoms with Crippen molar-refractivity contribution in [1.29, 1.82) is 0 Å². The van der Waals surface area contributed by atoms with Crippen molar-refractivity contribution in [2.24, 2.45) is 5.92 Å². The molecule has 33 heavy (non-hydrogen) atoms. The lowest BCUT2D eigenvalue weighted by Crippen LogP contribution is -2.43. The molecule has 2 aromatic carbocycles. The molecule has 0 unspecified atom stereocenters. The van der Waals surface area contributed by atoms with Crippen molar-refractivity contribution in [3.8, 4) is 16.9 Å². The zero-order valence-electron chi connectivity index (χ0n) is 19.8. The molecule has 2 amide bonds. The van der Waals surface area contributed by atoms with E-state index in [9.17, 15) is 9.59 Å². The highest BCUT2D eigenvalue weighted by molar-refractivity contribution is 6.30. The molecule has 0 aliphatic carbocycles. The molecule has 0 saturated carbocycles. The molecule has 0 radical (unpaired) electrons. The maximum absolute atomic E-state index is 13.0. The Kier molecular flexibility index (Phi) is 7.92. The number of aryl methyl sites for hydroxylation is 1. The fourth-order valence-electron chi connectivity index (χ4n) is 3.47. The molecule has 3 rings (SSSR count). The monoisotopic (exact) mass is 466 g/mol. The highest BCUT2D eigenvalue weighted by Gasteiger charge is 2.22. The zero-order chi connectivity index (χ0) is 24.1. The first-order valence-corrected chi connectivity index (χ1v) is 11.5. The third kappa shape index (κ3) is 6.45. The average Bonchev–Trinajstić information content (AvgIpc) is 3.15. The molecule has 7 heteroatoms. The van der Waals surface area contributed by atoms with E-state index in [4.69, 9.17) is 11.6 Å². The summed E-state index contributed by atoms with van der Waals surface area (Å²) in [4.78, 5) is 31.9. The molecule has 6 nitrogen and oxygen atoms in total. The maximum Gasteiger partial charge on any atom is 0.246 e. The first kappa shape index (κ1) is 24.5. The van der Waals surface area contributed by atoms with Crippen LogP contribution in [0.15, 0.2) is 54.7 Å². The topological polar surface area (TPSA) is 67.2 Å². The Morgan fingerprint density at radius 2 is 1.67 bits per heavy atom. The standard InChI is InChI=1S/C26H31ClN4O2/c1-17(2)14-25(33)30(18(3)4)16-24(32)29-26-28-23(20-8-10-21(27)11-9-20)15-31(26)22-12-6-19(5)7-13-22/h6-13,15,17-18H,14,16H2,1-5H3,(H,28,29,32). The van der Waals surface area contributed by atoms with Crippen LogP contribution in [0.2, 0.25) is 5.02 Å². The second kappa shape index (κ2) is 10.7. The number of hydrogen-bond acceptors (Lipinski definition) is 3. The third-order valence-corrected chi connectivity index (χ3v) is 5.50. The van der Waals surface area contributed by atoms with Gasteiger partial charge in [0.25, 0.3) is 0 Å². The molecule has 0 saturated heterocycles. The van der Waals surface area contributed by atoms with Crippen LogP contribution in [0.5, 0.6) is 0 Å². The normalized spacial score (nSPS) is 11.2. The molecule has 1 heterocycles. The quantitative estimate of drug-likeness (QED) is 0.461. The van der Waals surface area contributed by atoms with Crippen LogP contribution in [-0.2, 0) is 9.59 Å². The van der Waals surface area contributed by atoms with Gasteiger partial charge in [0, 0.05) is 34.9 Å². The summed E-state index contributed by atoms with van der Waals surface area (Å²) < 4.78 is 1.84. The van der Waals surface area contributed by atoms with Gasteiger partial charge < -0.3 is 4.90 Å². The van der Waals surface area contributed by atoms with Crippen LogP contribution in [0, 0.1) is 12.8 Å². The average molecular weight is 467 g/mol. The van der Waals surface area contributed by atoms with E-state index in [1.807, 2.05) is 81.8 Å². The second-order valence-electron chi connectivity index (χ2n) is 8.92. The lowest BCUT2D eigenvalue weighted by Gasteiger charge is -2.27. The van der Waals surface area contributed by atoms with Gasteiger partial charge in [-0.2, -0.15) is 0 Å². The number of carbonyl (C=O) groups is 2. The summed E-state index contributed by atoms with van der Waals surface area (Å²) >= 11 is 6.03. The smallest absolute Gasteiger partial charge is 0.246 e. The van der Waals surface area contributed by atoms with Crippen molar-refractivity contribution >= 4 is 29.4 Å². The first-order chi connectivity index (χ1) is 15.6.